The van der Waals surface area contributed by atoms with Crippen molar-refractivity contribution in [3.8, 4) is 0 Å². The molecule has 2 saturated heterocycles. The number of halogens is 4. The highest BCUT2D eigenvalue weighted by atomic mass is 35.5. The molecule has 0 bridgehead atoms. The van der Waals surface area contributed by atoms with Crippen LogP contribution in [0, 0.1) is 0 Å². The van der Waals surface area contributed by atoms with Gasteiger partial charge >= 0.3 is 12.2 Å². The normalized spacial score (nSPS) is 23.0. The molecule has 10 heteroatoms. The van der Waals surface area contributed by atoms with Crippen molar-refractivity contribution in [3.05, 3.63) is 28.8 Å². The Morgan fingerprint density at radius 3 is 2.75 bits per heavy atom. The van der Waals surface area contributed by atoms with Crippen LogP contribution in [0.3, 0.4) is 0 Å². The molecule has 0 saturated carbocycles. The number of carbonyl (C=O) groups excluding carboxylic acids is 2. The average molecular weight is 383 g/mol. The molecule has 0 radical (unpaired) electrons. The Labute approximate surface area is 147 Å². The molecule has 1 aromatic rings. The molecule has 1 aromatic carbocycles. The molecule has 0 aromatic heterocycles. The van der Waals surface area contributed by atoms with Crippen LogP contribution in [0.4, 0.5) is 23.7 Å². The van der Waals surface area contributed by atoms with E-state index in [0.717, 1.165) is 18.2 Å². The van der Waals surface area contributed by atoms with Crippen LogP contribution in [0.1, 0.15) is 12.0 Å². The highest BCUT2D eigenvalue weighted by Crippen LogP contribution is 2.34. The molecule has 0 aliphatic carbocycles. The number of rotatable bonds is 1. The van der Waals surface area contributed by atoms with Crippen LogP contribution in [-0.2, 0) is 15.7 Å². The van der Waals surface area contributed by atoms with E-state index in [1.54, 1.807) is 0 Å². The third-order valence-corrected chi connectivity index (χ3v) is 4.24. The van der Waals surface area contributed by atoms with Gasteiger partial charge < -0.3 is 15.0 Å². The number of hydrogen-bond donors (Lipinski definition) is 1. The highest BCUT2D eigenvalue weighted by molar-refractivity contribution is 7.59. The lowest BCUT2D eigenvalue weighted by Gasteiger charge is -2.22. The van der Waals surface area contributed by atoms with Crippen LogP contribution in [0.2, 0.25) is 5.02 Å². The van der Waals surface area contributed by atoms with Crippen molar-refractivity contribution in [1.82, 2.24) is 4.90 Å². The Kier molecular flexibility index (Phi) is 5.36. The van der Waals surface area contributed by atoms with Crippen LogP contribution in [-0.4, -0.2) is 42.0 Å². The highest BCUT2D eigenvalue weighted by Gasteiger charge is 2.46. The Morgan fingerprint density at radius 2 is 2.08 bits per heavy atom. The van der Waals surface area contributed by atoms with Gasteiger partial charge in [0.2, 0.25) is 0 Å². The number of likely N-dealkylation sites (tertiary alicyclic amines) is 1. The minimum absolute atomic E-state index is 0. The summed E-state index contributed by atoms with van der Waals surface area (Å²) in [5.41, 5.74) is -1.07. The predicted molar refractivity (Wildman–Crippen MR) is 85.7 cm³/mol. The lowest BCUT2D eigenvalue weighted by Crippen LogP contribution is -2.44. The van der Waals surface area contributed by atoms with Crippen molar-refractivity contribution in [2.45, 2.75) is 24.7 Å². The van der Waals surface area contributed by atoms with Gasteiger partial charge in [-0.25, -0.2) is 4.79 Å². The summed E-state index contributed by atoms with van der Waals surface area (Å²) >= 11 is 5.84. The van der Waals surface area contributed by atoms with E-state index in [4.69, 9.17) is 16.3 Å². The molecule has 2 aliphatic rings. The maximum atomic E-state index is 12.7. The molecule has 132 valence electrons. The van der Waals surface area contributed by atoms with Crippen molar-refractivity contribution >= 4 is 42.6 Å². The van der Waals surface area contributed by atoms with E-state index >= 15 is 0 Å². The molecule has 0 spiro atoms. The van der Waals surface area contributed by atoms with Gasteiger partial charge in [0.1, 0.15) is 12.6 Å². The second-order valence-electron chi connectivity index (χ2n) is 5.37. The topological polar surface area (TPSA) is 58.6 Å². The minimum Gasteiger partial charge on any atom is -0.368 e. The van der Waals surface area contributed by atoms with Crippen molar-refractivity contribution < 1.29 is 27.5 Å². The number of nitrogens with one attached hydrogen (secondary N) is 1. The summed E-state index contributed by atoms with van der Waals surface area (Å²) in [6.07, 6.45) is -4.37. The van der Waals surface area contributed by atoms with Crippen LogP contribution >= 0.6 is 25.1 Å². The third-order valence-electron chi connectivity index (χ3n) is 3.91. The maximum absolute atomic E-state index is 12.7. The zero-order chi connectivity index (χ0) is 16.8. The van der Waals surface area contributed by atoms with E-state index in [-0.39, 0.29) is 42.7 Å². The van der Waals surface area contributed by atoms with Crippen molar-refractivity contribution in [2.24, 2.45) is 0 Å². The van der Waals surface area contributed by atoms with Crippen molar-refractivity contribution in [3.63, 3.8) is 0 Å². The molecule has 5 nitrogen and oxygen atoms in total. The molecule has 2 aliphatic heterocycles. The van der Waals surface area contributed by atoms with Gasteiger partial charge in [0.15, 0.2) is 5.78 Å². The third kappa shape index (κ3) is 3.47. The molecule has 2 fully saturated rings. The fourth-order valence-corrected chi connectivity index (χ4v) is 2.97. The number of carbonyl (C=O) groups is 2. The SMILES string of the molecule is O=C1CO[C@@H]2CCN(C(=O)Nc3cc(C(F)(F)F)ccc3Cl)[C@H]12.S. The largest absolute Gasteiger partial charge is 0.416 e. The summed E-state index contributed by atoms with van der Waals surface area (Å²) < 4.78 is 43.5. The van der Waals surface area contributed by atoms with Gasteiger partial charge in [-0.05, 0) is 24.6 Å². The molecule has 3 rings (SSSR count). The zero-order valence-corrected chi connectivity index (χ0v) is 13.9. The maximum Gasteiger partial charge on any atom is 0.416 e. The number of amides is 2. The summed E-state index contributed by atoms with van der Waals surface area (Å²) in [6, 6.07) is 1.31. The van der Waals surface area contributed by atoms with Gasteiger partial charge in [-0.2, -0.15) is 26.7 Å². The first kappa shape index (κ1) is 18.9. The monoisotopic (exact) mass is 382 g/mol. The first-order valence-corrected chi connectivity index (χ1v) is 7.24. The lowest BCUT2D eigenvalue weighted by molar-refractivity contribution is -0.137. The summed E-state index contributed by atoms with van der Waals surface area (Å²) in [5.74, 6) is -0.210. The van der Waals surface area contributed by atoms with Crippen molar-refractivity contribution in [1.29, 1.82) is 0 Å². The lowest BCUT2D eigenvalue weighted by atomic mass is 10.1. The van der Waals surface area contributed by atoms with Gasteiger partial charge in [0, 0.05) is 6.54 Å². The van der Waals surface area contributed by atoms with Gasteiger partial charge in [-0.15, -0.1) is 0 Å². The number of fused-ring (bicyclic) bond motifs is 1. The summed E-state index contributed by atoms with van der Waals surface area (Å²) in [5, 5.41) is 2.33. The minimum atomic E-state index is -4.54. The summed E-state index contributed by atoms with van der Waals surface area (Å²) in [4.78, 5) is 25.3. The predicted octanol–water partition coefficient (Wildman–Crippen LogP) is 3.05. The van der Waals surface area contributed by atoms with E-state index < -0.39 is 23.8 Å². The number of nitrogens with zero attached hydrogens (tertiary/aromatic N) is 1. The molecular weight excluding hydrogens is 369 g/mol. The van der Waals surface area contributed by atoms with Crippen LogP contribution in [0.5, 0.6) is 0 Å². The quantitative estimate of drug-likeness (QED) is 0.812. The number of anilines is 1. The first-order chi connectivity index (χ1) is 10.8. The first-order valence-electron chi connectivity index (χ1n) is 6.86. The van der Waals surface area contributed by atoms with Gasteiger partial charge in [0.05, 0.1) is 22.4 Å². The number of Topliss-reactive ketones (excluding diaryl/α,β-unsaturated/α-hetero) is 1. The number of hydrogen-bond acceptors (Lipinski definition) is 3. The Morgan fingerprint density at radius 1 is 1.38 bits per heavy atom. The van der Waals surface area contributed by atoms with Gasteiger partial charge in [-0.1, -0.05) is 11.6 Å². The molecule has 1 N–H and O–H groups in total. The Balaban J connectivity index is 0.00000208. The number of ether oxygens (including phenoxy) is 1. The van der Waals surface area contributed by atoms with Crippen LogP contribution in [0.25, 0.3) is 0 Å². The summed E-state index contributed by atoms with van der Waals surface area (Å²) in [6.45, 7) is 0.243. The van der Waals surface area contributed by atoms with Gasteiger partial charge in [0.25, 0.3) is 0 Å². The second kappa shape index (κ2) is 6.81. The fourth-order valence-electron chi connectivity index (χ4n) is 2.81. The number of urea groups is 1. The Bertz CT molecular complexity index is 671. The van der Waals surface area contributed by atoms with E-state index in [1.165, 1.54) is 4.90 Å². The standard InChI is InChI=1S/C14H12ClF3N2O3.H2S/c15-8-2-1-7(14(16,17)18)5-9(8)19-13(22)20-4-3-11-12(20)10(21)6-23-11;/h1-2,5,11-12H,3-4,6H2,(H,19,22);1H2/t11-,12-;/m1./s1. The Hall–Kier alpha value is -1.45. The van der Waals surface area contributed by atoms with E-state index in [2.05, 4.69) is 5.32 Å². The smallest absolute Gasteiger partial charge is 0.368 e. The zero-order valence-electron chi connectivity index (χ0n) is 12.2. The molecule has 2 heterocycles. The molecule has 2 amide bonds. The second-order valence-corrected chi connectivity index (χ2v) is 5.77. The molecule has 2 atom stereocenters. The fraction of sp³-hybridized carbons (Fsp3) is 0.429. The van der Waals surface area contributed by atoms with Crippen molar-refractivity contribution in [2.75, 3.05) is 18.5 Å². The number of alkyl halides is 3. The summed E-state index contributed by atoms with van der Waals surface area (Å²) in [7, 11) is 0. The van der Waals surface area contributed by atoms with Crippen LogP contribution in [0.15, 0.2) is 18.2 Å². The molecule has 0 unspecified atom stereocenters. The average Bonchev–Trinajstić information content (AvgIpc) is 3.03. The number of ketones is 1. The van der Waals surface area contributed by atoms with Crippen LogP contribution < -0.4 is 5.32 Å². The molecule has 24 heavy (non-hydrogen) atoms. The number of benzene rings is 1. The molecular formula is C14H14ClF3N2O3S. The van der Waals surface area contributed by atoms with E-state index in [0.29, 0.717) is 13.0 Å². The van der Waals surface area contributed by atoms with E-state index in [9.17, 15) is 22.8 Å². The van der Waals surface area contributed by atoms with Gasteiger partial charge in [-0.3, -0.25) is 4.79 Å². The van der Waals surface area contributed by atoms with E-state index in [1.807, 2.05) is 0 Å².